The van der Waals surface area contributed by atoms with E-state index in [1.807, 2.05) is 0 Å². The van der Waals surface area contributed by atoms with E-state index in [0.29, 0.717) is 5.92 Å². The summed E-state index contributed by atoms with van der Waals surface area (Å²) in [6.07, 6.45) is 7.51. The van der Waals surface area contributed by atoms with Crippen molar-refractivity contribution in [1.82, 2.24) is 4.90 Å². The van der Waals surface area contributed by atoms with Gasteiger partial charge in [0.05, 0.1) is 6.07 Å². The predicted octanol–water partition coefficient (Wildman–Crippen LogP) is 2.94. The first-order valence-electron chi connectivity index (χ1n) is 6.30. The predicted molar refractivity (Wildman–Crippen MR) is 61.4 cm³/mol. The maximum absolute atomic E-state index is 8.84. The van der Waals surface area contributed by atoms with Gasteiger partial charge in [0.25, 0.3) is 0 Å². The molecule has 2 fully saturated rings. The monoisotopic (exact) mass is 206 g/mol. The van der Waals surface area contributed by atoms with Crippen LogP contribution < -0.4 is 0 Å². The molecule has 2 nitrogen and oxygen atoms in total. The van der Waals surface area contributed by atoms with E-state index in [1.165, 1.54) is 38.6 Å². The third-order valence-electron chi connectivity index (χ3n) is 4.56. The van der Waals surface area contributed by atoms with Crippen molar-refractivity contribution in [2.75, 3.05) is 6.54 Å². The standard InChI is InChI=1S/C13H22N2/c1-13(2)11(7-9-14)8-10-15(13)12-5-3-4-6-12/h11-12H,3-8,10H2,1-2H3. The highest BCUT2D eigenvalue weighted by Crippen LogP contribution is 2.41. The summed E-state index contributed by atoms with van der Waals surface area (Å²) >= 11 is 0. The normalized spacial score (nSPS) is 31.9. The van der Waals surface area contributed by atoms with Gasteiger partial charge in [-0.05, 0) is 45.6 Å². The molecule has 0 radical (unpaired) electrons. The molecular formula is C13H22N2. The van der Waals surface area contributed by atoms with Crippen LogP contribution in [0.2, 0.25) is 0 Å². The molecule has 1 saturated heterocycles. The van der Waals surface area contributed by atoms with Gasteiger partial charge < -0.3 is 0 Å². The second-order valence-corrected chi connectivity index (χ2v) is 5.63. The first kappa shape index (κ1) is 11.0. The molecule has 2 heteroatoms. The van der Waals surface area contributed by atoms with Gasteiger partial charge in [-0.25, -0.2) is 0 Å². The van der Waals surface area contributed by atoms with Crippen molar-refractivity contribution in [3.05, 3.63) is 0 Å². The molecule has 2 rings (SSSR count). The van der Waals surface area contributed by atoms with Crippen molar-refractivity contribution in [1.29, 1.82) is 5.26 Å². The van der Waals surface area contributed by atoms with Crippen molar-refractivity contribution in [3.8, 4) is 6.07 Å². The van der Waals surface area contributed by atoms with Crippen LogP contribution in [0.3, 0.4) is 0 Å². The number of hydrogen-bond donors (Lipinski definition) is 0. The zero-order chi connectivity index (χ0) is 10.9. The quantitative estimate of drug-likeness (QED) is 0.694. The summed E-state index contributed by atoms with van der Waals surface area (Å²) in [6.45, 7) is 5.88. The Morgan fingerprint density at radius 3 is 2.53 bits per heavy atom. The van der Waals surface area contributed by atoms with Crippen LogP contribution in [-0.2, 0) is 0 Å². The first-order chi connectivity index (χ1) is 7.16. The molecule has 0 aromatic rings. The van der Waals surface area contributed by atoms with E-state index >= 15 is 0 Å². The lowest BCUT2D eigenvalue weighted by Gasteiger charge is -2.39. The Kier molecular flexibility index (Phi) is 3.02. The van der Waals surface area contributed by atoms with E-state index in [9.17, 15) is 0 Å². The Morgan fingerprint density at radius 2 is 1.93 bits per heavy atom. The SMILES string of the molecule is CC1(C)C(CC#N)CCN1C1CCCC1. The summed E-state index contributed by atoms with van der Waals surface area (Å²) in [5.41, 5.74) is 0.255. The van der Waals surface area contributed by atoms with Gasteiger partial charge in [-0.15, -0.1) is 0 Å². The van der Waals surface area contributed by atoms with Crippen molar-refractivity contribution < 1.29 is 0 Å². The minimum absolute atomic E-state index is 0.255. The fraction of sp³-hybridized carbons (Fsp3) is 0.923. The molecule has 0 amide bonds. The number of rotatable bonds is 2. The number of likely N-dealkylation sites (tertiary alicyclic amines) is 1. The highest BCUT2D eigenvalue weighted by molar-refractivity contribution is 5.01. The molecule has 0 spiro atoms. The largest absolute Gasteiger partial charge is 0.295 e. The summed E-state index contributed by atoms with van der Waals surface area (Å²) in [5.74, 6) is 0.586. The molecule has 1 unspecified atom stereocenters. The third-order valence-corrected chi connectivity index (χ3v) is 4.56. The van der Waals surface area contributed by atoms with Crippen LogP contribution in [0.15, 0.2) is 0 Å². The van der Waals surface area contributed by atoms with Crippen molar-refractivity contribution in [3.63, 3.8) is 0 Å². The molecule has 0 aromatic carbocycles. The summed E-state index contributed by atoms with van der Waals surface area (Å²) in [5, 5.41) is 8.84. The number of nitriles is 1. The van der Waals surface area contributed by atoms with Gasteiger partial charge in [-0.2, -0.15) is 5.26 Å². The van der Waals surface area contributed by atoms with Gasteiger partial charge in [0.2, 0.25) is 0 Å². The lowest BCUT2D eigenvalue weighted by Crippen LogP contribution is -2.47. The van der Waals surface area contributed by atoms with Crippen molar-refractivity contribution in [2.45, 2.75) is 64.0 Å². The Balaban J connectivity index is 2.05. The first-order valence-corrected chi connectivity index (χ1v) is 6.30. The molecule has 1 atom stereocenters. The van der Waals surface area contributed by atoms with Crippen LogP contribution in [0.5, 0.6) is 0 Å². The highest BCUT2D eigenvalue weighted by Gasteiger charge is 2.44. The minimum Gasteiger partial charge on any atom is -0.295 e. The Morgan fingerprint density at radius 1 is 1.27 bits per heavy atom. The lowest BCUT2D eigenvalue weighted by atomic mass is 9.85. The van der Waals surface area contributed by atoms with Crippen LogP contribution in [0.4, 0.5) is 0 Å². The van der Waals surface area contributed by atoms with E-state index in [1.54, 1.807) is 0 Å². The molecule has 84 valence electrons. The van der Waals surface area contributed by atoms with Crippen molar-refractivity contribution in [2.24, 2.45) is 5.92 Å². The average Bonchev–Trinajstić information content (AvgIpc) is 2.76. The highest BCUT2D eigenvalue weighted by atomic mass is 15.2. The fourth-order valence-electron chi connectivity index (χ4n) is 3.50. The van der Waals surface area contributed by atoms with Gasteiger partial charge in [-0.1, -0.05) is 12.8 Å². The second-order valence-electron chi connectivity index (χ2n) is 5.63. The Hall–Kier alpha value is -0.550. The van der Waals surface area contributed by atoms with Crippen LogP contribution >= 0.6 is 0 Å². The van der Waals surface area contributed by atoms with Crippen LogP contribution in [0.25, 0.3) is 0 Å². The average molecular weight is 206 g/mol. The van der Waals surface area contributed by atoms with E-state index in [-0.39, 0.29) is 5.54 Å². The zero-order valence-electron chi connectivity index (χ0n) is 10.00. The van der Waals surface area contributed by atoms with Gasteiger partial charge in [-0.3, -0.25) is 4.90 Å². The van der Waals surface area contributed by atoms with Gasteiger partial charge in [0.15, 0.2) is 0 Å². The summed E-state index contributed by atoms with van der Waals surface area (Å²) < 4.78 is 0. The van der Waals surface area contributed by atoms with E-state index in [2.05, 4.69) is 24.8 Å². The summed E-state index contributed by atoms with van der Waals surface area (Å²) in [6, 6.07) is 3.16. The van der Waals surface area contributed by atoms with Crippen LogP contribution in [0, 0.1) is 17.2 Å². The molecule has 0 N–H and O–H groups in total. The maximum Gasteiger partial charge on any atom is 0.0625 e. The maximum atomic E-state index is 8.84. The summed E-state index contributed by atoms with van der Waals surface area (Å²) in [7, 11) is 0. The lowest BCUT2D eigenvalue weighted by molar-refractivity contribution is 0.0917. The zero-order valence-corrected chi connectivity index (χ0v) is 10.00. The molecule has 0 aromatic heterocycles. The molecule has 1 aliphatic carbocycles. The van der Waals surface area contributed by atoms with Gasteiger partial charge >= 0.3 is 0 Å². The Labute approximate surface area is 93.3 Å². The van der Waals surface area contributed by atoms with Crippen LogP contribution in [-0.4, -0.2) is 23.0 Å². The van der Waals surface area contributed by atoms with E-state index in [4.69, 9.17) is 5.26 Å². The summed E-state index contributed by atoms with van der Waals surface area (Å²) in [4.78, 5) is 2.68. The molecule has 15 heavy (non-hydrogen) atoms. The van der Waals surface area contributed by atoms with Gasteiger partial charge in [0.1, 0.15) is 0 Å². The molecule has 1 heterocycles. The Bertz CT molecular complexity index is 258. The number of hydrogen-bond acceptors (Lipinski definition) is 2. The molecule has 0 bridgehead atoms. The molecule has 1 aliphatic heterocycles. The van der Waals surface area contributed by atoms with Gasteiger partial charge in [0, 0.05) is 18.0 Å². The molecule has 2 aliphatic rings. The third kappa shape index (κ3) is 1.90. The topological polar surface area (TPSA) is 27.0 Å². The van der Waals surface area contributed by atoms with E-state index in [0.717, 1.165) is 12.5 Å². The minimum atomic E-state index is 0.255. The smallest absolute Gasteiger partial charge is 0.0625 e. The second kappa shape index (κ2) is 4.14. The van der Waals surface area contributed by atoms with E-state index < -0.39 is 0 Å². The fourth-order valence-corrected chi connectivity index (χ4v) is 3.50. The van der Waals surface area contributed by atoms with Crippen LogP contribution in [0.1, 0.15) is 52.4 Å². The molecule has 1 saturated carbocycles. The number of nitrogens with zero attached hydrogens (tertiary/aromatic N) is 2. The van der Waals surface area contributed by atoms with Crippen molar-refractivity contribution >= 4 is 0 Å². The molecular weight excluding hydrogens is 184 g/mol.